The van der Waals surface area contributed by atoms with E-state index < -0.39 is 5.82 Å². The number of thiophene rings is 1. The number of carbonyl (C=O) groups is 1. The Morgan fingerprint density at radius 3 is 2.74 bits per heavy atom. The van der Waals surface area contributed by atoms with Crippen LogP contribution in [0.5, 0.6) is 0 Å². The summed E-state index contributed by atoms with van der Waals surface area (Å²) >= 11 is 4.93. The Morgan fingerprint density at radius 1 is 1.26 bits per heavy atom. The van der Waals surface area contributed by atoms with E-state index in [4.69, 9.17) is 0 Å². The van der Waals surface area contributed by atoms with Crippen LogP contribution in [-0.4, -0.2) is 5.91 Å². The van der Waals surface area contributed by atoms with Crippen LogP contribution in [0.25, 0.3) is 0 Å². The van der Waals surface area contributed by atoms with Crippen LogP contribution >= 0.6 is 27.3 Å². The maximum absolute atomic E-state index is 14.0. The van der Waals surface area contributed by atoms with Crippen molar-refractivity contribution in [2.24, 2.45) is 0 Å². The van der Waals surface area contributed by atoms with Gasteiger partial charge >= 0.3 is 0 Å². The number of nitrogens with one attached hydrogen (secondary N) is 1. The molecule has 1 fully saturated rings. The Hall–Kier alpha value is -1.20. The summed E-state index contributed by atoms with van der Waals surface area (Å²) in [6.07, 6.45) is 6.28. The molecule has 122 valence electrons. The first-order chi connectivity index (χ1) is 11.0. The zero-order valence-electron chi connectivity index (χ0n) is 13.0. The predicted octanol–water partition coefficient (Wildman–Crippen LogP) is 6.26. The van der Waals surface area contributed by atoms with Crippen molar-refractivity contribution in [1.82, 2.24) is 0 Å². The molecule has 1 aromatic heterocycles. The fourth-order valence-corrected chi connectivity index (χ4v) is 4.40. The Balaban J connectivity index is 1.74. The van der Waals surface area contributed by atoms with Gasteiger partial charge in [0.05, 0.1) is 11.3 Å². The Labute approximate surface area is 148 Å². The Bertz CT molecular complexity index is 722. The van der Waals surface area contributed by atoms with Crippen molar-refractivity contribution in [3.8, 4) is 0 Å². The second-order valence-electron chi connectivity index (χ2n) is 6.11. The molecule has 0 unspecified atom stereocenters. The fraction of sp³-hybridized carbons (Fsp3) is 0.389. The maximum Gasteiger partial charge on any atom is 0.256 e. The van der Waals surface area contributed by atoms with Crippen molar-refractivity contribution in [1.29, 1.82) is 0 Å². The molecule has 0 atom stereocenters. The molecule has 1 aliphatic carbocycles. The van der Waals surface area contributed by atoms with Gasteiger partial charge in [-0.1, -0.05) is 35.2 Å². The molecule has 0 aliphatic heterocycles. The first kappa shape index (κ1) is 16.7. The molecular formula is C18H19BrFNOS. The molecule has 0 radical (unpaired) electrons. The number of rotatable bonds is 3. The van der Waals surface area contributed by atoms with E-state index in [1.165, 1.54) is 43.0 Å². The summed E-state index contributed by atoms with van der Waals surface area (Å²) in [5, 5.41) is 4.56. The molecule has 23 heavy (non-hydrogen) atoms. The summed E-state index contributed by atoms with van der Waals surface area (Å²) in [7, 11) is 0. The monoisotopic (exact) mass is 395 g/mol. The van der Waals surface area contributed by atoms with Gasteiger partial charge in [-0.3, -0.25) is 4.79 Å². The minimum absolute atomic E-state index is 0.223. The van der Waals surface area contributed by atoms with Crippen LogP contribution in [0.1, 0.15) is 58.8 Å². The van der Waals surface area contributed by atoms with Crippen LogP contribution in [0.3, 0.4) is 0 Å². The Morgan fingerprint density at radius 2 is 2.00 bits per heavy atom. The SMILES string of the molecule is Cc1cc(NC(=O)c2csc(C3CCCCC3)c2)c(F)cc1Br. The van der Waals surface area contributed by atoms with Crippen LogP contribution in [0.2, 0.25) is 0 Å². The van der Waals surface area contributed by atoms with E-state index in [0.29, 0.717) is 16.0 Å². The summed E-state index contributed by atoms with van der Waals surface area (Å²) in [5.41, 5.74) is 1.73. The number of hydrogen-bond acceptors (Lipinski definition) is 2. The molecule has 0 bridgehead atoms. The molecule has 2 nitrogen and oxygen atoms in total. The Kier molecular flexibility index (Phi) is 5.17. The highest BCUT2D eigenvalue weighted by Crippen LogP contribution is 2.36. The summed E-state index contributed by atoms with van der Waals surface area (Å²) in [6, 6.07) is 5.00. The molecule has 0 spiro atoms. The third kappa shape index (κ3) is 3.83. The average molecular weight is 396 g/mol. The lowest BCUT2D eigenvalue weighted by Crippen LogP contribution is -2.12. The molecule has 1 N–H and O–H groups in total. The number of benzene rings is 1. The third-order valence-electron chi connectivity index (χ3n) is 4.39. The zero-order chi connectivity index (χ0) is 16.4. The molecule has 1 aromatic carbocycles. The van der Waals surface area contributed by atoms with Crippen molar-refractivity contribution < 1.29 is 9.18 Å². The molecular weight excluding hydrogens is 377 g/mol. The smallest absolute Gasteiger partial charge is 0.256 e. The van der Waals surface area contributed by atoms with Crippen molar-refractivity contribution in [3.05, 3.63) is 49.9 Å². The summed E-state index contributed by atoms with van der Waals surface area (Å²) < 4.78 is 14.7. The maximum atomic E-state index is 14.0. The van der Waals surface area contributed by atoms with Crippen LogP contribution in [0.15, 0.2) is 28.1 Å². The molecule has 1 heterocycles. The van der Waals surface area contributed by atoms with Gasteiger partial charge in [-0.2, -0.15) is 0 Å². The van der Waals surface area contributed by atoms with E-state index in [1.807, 2.05) is 18.4 Å². The largest absolute Gasteiger partial charge is 0.319 e. The lowest BCUT2D eigenvalue weighted by molar-refractivity contribution is 0.102. The van der Waals surface area contributed by atoms with Crippen LogP contribution < -0.4 is 5.32 Å². The van der Waals surface area contributed by atoms with E-state index in [2.05, 4.69) is 21.2 Å². The molecule has 2 aromatic rings. The minimum Gasteiger partial charge on any atom is -0.319 e. The lowest BCUT2D eigenvalue weighted by Gasteiger charge is -2.19. The van der Waals surface area contributed by atoms with Crippen LogP contribution in [0.4, 0.5) is 10.1 Å². The predicted molar refractivity (Wildman–Crippen MR) is 96.9 cm³/mol. The quantitative estimate of drug-likeness (QED) is 0.652. The molecule has 1 aliphatic rings. The van der Waals surface area contributed by atoms with Gasteiger partial charge in [-0.25, -0.2) is 4.39 Å². The van der Waals surface area contributed by atoms with Gasteiger partial charge < -0.3 is 5.32 Å². The normalized spacial score (nSPS) is 15.6. The highest BCUT2D eigenvalue weighted by molar-refractivity contribution is 9.10. The van der Waals surface area contributed by atoms with Gasteiger partial charge in [0.25, 0.3) is 5.91 Å². The second kappa shape index (κ2) is 7.14. The number of hydrogen-bond donors (Lipinski definition) is 1. The summed E-state index contributed by atoms with van der Waals surface area (Å²) in [4.78, 5) is 13.7. The number of carbonyl (C=O) groups excluding carboxylic acids is 1. The number of aryl methyl sites for hydroxylation is 1. The van der Waals surface area contributed by atoms with E-state index in [0.717, 1.165) is 5.56 Å². The summed E-state index contributed by atoms with van der Waals surface area (Å²) in [5.74, 6) is -0.0931. The van der Waals surface area contributed by atoms with Crippen molar-refractivity contribution in [2.45, 2.75) is 44.9 Å². The first-order valence-electron chi connectivity index (χ1n) is 7.90. The van der Waals surface area contributed by atoms with E-state index in [1.54, 1.807) is 17.4 Å². The standard InChI is InChI=1S/C18H19BrFNOS/c1-11-7-16(15(20)9-14(11)19)21-18(22)13-8-17(23-10-13)12-5-3-2-4-6-12/h7-10,12H,2-6H2,1H3,(H,21,22). The second-order valence-corrected chi connectivity index (χ2v) is 7.91. The molecule has 0 saturated heterocycles. The molecule has 1 amide bonds. The summed E-state index contributed by atoms with van der Waals surface area (Å²) in [6.45, 7) is 1.87. The van der Waals surface area contributed by atoms with Gasteiger partial charge in [-0.05, 0) is 49.4 Å². The van der Waals surface area contributed by atoms with E-state index in [-0.39, 0.29) is 11.6 Å². The van der Waals surface area contributed by atoms with Gasteiger partial charge in [0.1, 0.15) is 5.82 Å². The van der Waals surface area contributed by atoms with E-state index in [9.17, 15) is 9.18 Å². The number of amides is 1. The molecule has 1 saturated carbocycles. The van der Waals surface area contributed by atoms with E-state index >= 15 is 0 Å². The number of halogens is 2. The van der Waals surface area contributed by atoms with Crippen molar-refractivity contribution >= 4 is 38.9 Å². The fourth-order valence-electron chi connectivity index (χ4n) is 3.02. The van der Waals surface area contributed by atoms with Crippen molar-refractivity contribution in [2.75, 3.05) is 5.32 Å². The third-order valence-corrected chi connectivity index (χ3v) is 6.34. The zero-order valence-corrected chi connectivity index (χ0v) is 15.4. The van der Waals surface area contributed by atoms with Gasteiger partial charge in [0.2, 0.25) is 0 Å². The van der Waals surface area contributed by atoms with Crippen LogP contribution in [0, 0.1) is 12.7 Å². The topological polar surface area (TPSA) is 29.1 Å². The highest BCUT2D eigenvalue weighted by Gasteiger charge is 2.19. The average Bonchev–Trinajstić information content (AvgIpc) is 3.03. The van der Waals surface area contributed by atoms with Gasteiger partial charge in [0, 0.05) is 14.7 Å². The van der Waals surface area contributed by atoms with Crippen LogP contribution in [-0.2, 0) is 0 Å². The highest BCUT2D eigenvalue weighted by atomic mass is 79.9. The van der Waals surface area contributed by atoms with Gasteiger partial charge in [-0.15, -0.1) is 11.3 Å². The lowest BCUT2D eigenvalue weighted by atomic mass is 9.88. The first-order valence-corrected chi connectivity index (χ1v) is 9.57. The minimum atomic E-state index is -0.432. The van der Waals surface area contributed by atoms with Crippen molar-refractivity contribution in [3.63, 3.8) is 0 Å². The molecule has 3 rings (SSSR count). The molecule has 5 heteroatoms. The number of anilines is 1. The van der Waals surface area contributed by atoms with Gasteiger partial charge in [0.15, 0.2) is 0 Å².